The molecule has 48 heavy (non-hydrogen) atoms. The Morgan fingerprint density at radius 1 is 0.938 bits per heavy atom. The Kier molecular flexibility index (Phi) is 11.0. The van der Waals surface area contributed by atoms with Crippen LogP contribution in [0.1, 0.15) is 74.3 Å². The van der Waals surface area contributed by atoms with Crippen LogP contribution in [0.4, 0.5) is 50.0 Å². The van der Waals surface area contributed by atoms with E-state index in [2.05, 4.69) is 4.74 Å². The first-order valence-corrected chi connectivity index (χ1v) is 15.3. The molecule has 1 saturated carbocycles. The van der Waals surface area contributed by atoms with Crippen LogP contribution in [0, 0.1) is 11.8 Å². The molecular formula is C32H35F9N2O5. The number of rotatable bonds is 10. The van der Waals surface area contributed by atoms with Gasteiger partial charge in [0, 0.05) is 18.8 Å². The topological polar surface area (TPSA) is 68.3 Å². The molecule has 0 aromatic heterocycles. The van der Waals surface area contributed by atoms with Crippen LogP contribution in [-0.2, 0) is 33.2 Å². The molecule has 0 bridgehead atoms. The lowest BCUT2D eigenvalue weighted by Gasteiger charge is -2.35. The summed E-state index contributed by atoms with van der Waals surface area (Å²) in [5, 5.41) is 0. The highest BCUT2D eigenvalue weighted by Crippen LogP contribution is 2.42. The number of methoxy groups -OCH3 is 1. The molecule has 2 fully saturated rings. The van der Waals surface area contributed by atoms with Gasteiger partial charge in [0.25, 0.3) is 0 Å². The van der Waals surface area contributed by atoms with Crippen molar-refractivity contribution in [2.24, 2.45) is 11.8 Å². The van der Waals surface area contributed by atoms with Crippen LogP contribution >= 0.6 is 0 Å². The van der Waals surface area contributed by atoms with Crippen molar-refractivity contribution in [1.82, 2.24) is 4.90 Å². The predicted octanol–water partition coefficient (Wildman–Crippen LogP) is 8.90. The standard InChI is InChI=1S/C32H35F9N2O5/c1-4-11-42(16-19-5-7-20(8-6-19)28(44)46-3)26-10-9-25(48-32(39,40)41)14-22(26)17-43-18(2)27(47-29(43)45)21-12-23(30(33,34)35)15-24(13-21)31(36,37)38/h9-10,12-15,18-20,27H,4-8,11,16-17H2,1-3H3/t18-,19?,20?,27-/m0/s1. The van der Waals surface area contributed by atoms with E-state index in [1.165, 1.54) is 20.1 Å². The third-order valence-corrected chi connectivity index (χ3v) is 8.65. The number of anilines is 1. The number of alkyl halides is 9. The fraction of sp³-hybridized carbons (Fsp3) is 0.562. The summed E-state index contributed by atoms with van der Waals surface area (Å²) >= 11 is 0. The molecule has 1 saturated heterocycles. The number of esters is 1. The minimum Gasteiger partial charge on any atom is -0.469 e. The molecule has 0 N–H and O–H groups in total. The van der Waals surface area contributed by atoms with E-state index in [-0.39, 0.29) is 36.0 Å². The van der Waals surface area contributed by atoms with Gasteiger partial charge in [-0.15, -0.1) is 13.2 Å². The third-order valence-electron chi connectivity index (χ3n) is 8.65. The number of cyclic esters (lactones) is 1. The number of carbonyl (C=O) groups excluding carboxylic acids is 2. The maximum Gasteiger partial charge on any atom is 0.573 e. The zero-order chi connectivity index (χ0) is 35.6. The fourth-order valence-electron chi connectivity index (χ4n) is 6.32. The quantitative estimate of drug-likeness (QED) is 0.183. The summed E-state index contributed by atoms with van der Waals surface area (Å²) in [6.07, 6.45) is -14.7. The van der Waals surface area contributed by atoms with Gasteiger partial charge in [0.1, 0.15) is 11.9 Å². The molecule has 2 aromatic rings. The second-order valence-electron chi connectivity index (χ2n) is 12.0. The average molecular weight is 699 g/mol. The second kappa shape index (κ2) is 14.3. The summed E-state index contributed by atoms with van der Waals surface area (Å²) in [5.74, 6) is -0.966. The first-order valence-electron chi connectivity index (χ1n) is 15.3. The number of nitrogens with zero attached hydrogens (tertiary/aromatic N) is 2. The van der Waals surface area contributed by atoms with Crippen molar-refractivity contribution >= 4 is 17.7 Å². The summed E-state index contributed by atoms with van der Waals surface area (Å²) in [4.78, 5) is 28.1. The number of amides is 1. The Morgan fingerprint density at radius 3 is 2.06 bits per heavy atom. The van der Waals surface area contributed by atoms with Crippen LogP contribution in [-0.4, -0.2) is 49.6 Å². The molecule has 266 valence electrons. The van der Waals surface area contributed by atoms with Crippen LogP contribution < -0.4 is 9.64 Å². The van der Waals surface area contributed by atoms with Gasteiger partial charge in [-0.1, -0.05) is 6.92 Å². The minimum atomic E-state index is -5.13. The summed E-state index contributed by atoms with van der Waals surface area (Å²) in [5.41, 5.74) is -3.04. The Bertz CT molecular complexity index is 1420. The number of carbonyl (C=O) groups is 2. The Balaban J connectivity index is 1.66. The summed E-state index contributed by atoms with van der Waals surface area (Å²) in [6, 6.07) is 3.44. The molecule has 1 amide bonds. The van der Waals surface area contributed by atoms with Crippen molar-refractivity contribution < 1.29 is 63.3 Å². The first kappa shape index (κ1) is 37.0. The SMILES string of the molecule is CCCN(CC1CCC(C(=O)OC)CC1)c1ccc(OC(F)(F)F)cc1CN1C(=O)O[C@H](c2cc(C(F)(F)F)cc(C(F)(F)F)c2)[C@@H]1C. The van der Waals surface area contributed by atoms with E-state index in [0.717, 1.165) is 17.0 Å². The monoisotopic (exact) mass is 698 g/mol. The highest BCUT2D eigenvalue weighted by molar-refractivity contribution is 5.72. The number of hydrogen-bond acceptors (Lipinski definition) is 6. The zero-order valence-corrected chi connectivity index (χ0v) is 26.3. The largest absolute Gasteiger partial charge is 0.573 e. The minimum absolute atomic E-state index is 0.0363. The van der Waals surface area contributed by atoms with Gasteiger partial charge >= 0.3 is 30.8 Å². The molecular weight excluding hydrogens is 663 g/mol. The lowest BCUT2D eigenvalue weighted by Crippen LogP contribution is -2.36. The van der Waals surface area contributed by atoms with Crippen molar-refractivity contribution in [3.05, 3.63) is 58.7 Å². The van der Waals surface area contributed by atoms with E-state index in [4.69, 9.17) is 9.47 Å². The van der Waals surface area contributed by atoms with Crippen molar-refractivity contribution in [2.75, 3.05) is 25.1 Å². The average Bonchev–Trinajstić information content (AvgIpc) is 3.27. The molecule has 2 aliphatic rings. The molecule has 0 spiro atoms. The van der Waals surface area contributed by atoms with Gasteiger partial charge in [0.05, 0.1) is 36.7 Å². The molecule has 7 nitrogen and oxygen atoms in total. The molecule has 2 aromatic carbocycles. The van der Waals surface area contributed by atoms with Gasteiger partial charge in [-0.2, -0.15) is 26.3 Å². The van der Waals surface area contributed by atoms with E-state index in [0.29, 0.717) is 63.0 Å². The number of halogens is 9. The van der Waals surface area contributed by atoms with Crippen LogP contribution in [0.3, 0.4) is 0 Å². The fourth-order valence-corrected chi connectivity index (χ4v) is 6.32. The van der Waals surface area contributed by atoms with E-state index in [1.807, 2.05) is 11.8 Å². The van der Waals surface area contributed by atoms with E-state index in [9.17, 15) is 49.1 Å². The summed E-state index contributed by atoms with van der Waals surface area (Å²) in [7, 11) is 1.32. The van der Waals surface area contributed by atoms with Gasteiger partial charge in [0.2, 0.25) is 0 Å². The molecule has 4 rings (SSSR count). The highest BCUT2D eigenvalue weighted by atomic mass is 19.4. The Labute approximate surface area is 270 Å². The molecule has 0 radical (unpaired) electrons. The normalized spacial score (nSPS) is 22.0. The van der Waals surface area contributed by atoms with E-state index >= 15 is 0 Å². The molecule has 1 aliphatic heterocycles. The zero-order valence-electron chi connectivity index (χ0n) is 26.3. The van der Waals surface area contributed by atoms with Crippen molar-refractivity contribution in [1.29, 1.82) is 0 Å². The maximum atomic E-state index is 13.5. The van der Waals surface area contributed by atoms with Crippen LogP contribution in [0.15, 0.2) is 36.4 Å². The van der Waals surface area contributed by atoms with E-state index < -0.39 is 59.4 Å². The lowest BCUT2D eigenvalue weighted by molar-refractivity contribution is -0.274. The van der Waals surface area contributed by atoms with Gasteiger partial charge in [0.15, 0.2) is 0 Å². The molecule has 2 atom stereocenters. The molecule has 16 heteroatoms. The summed E-state index contributed by atoms with van der Waals surface area (Å²) < 4.78 is 135. The Morgan fingerprint density at radius 2 is 1.54 bits per heavy atom. The van der Waals surface area contributed by atoms with Gasteiger partial charge in [-0.05, 0) is 92.5 Å². The lowest BCUT2D eigenvalue weighted by atomic mass is 9.81. The van der Waals surface area contributed by atoms with Gasteiger partial charge < -0.3 is 19.1 Å². The third kappa shape index (κ3) is 8.98. The predicted molar refractivity (Wildman–Crippen MR) is 154 cm³/mol. The molecule has 1 heterocycles. The van der Waals surface area contributed by atoms with Gasteiger partial charge in [-0.3, -0.25) is 9.69 Å². The molecule has 0 unspecified atom stereocenters. The Hall–Kier alpha value is -3.85. The summed E-state index contributed by atoms with van der Waals surface area (Å²) in [6.45, 7) is 3.82. The van der Waals surface area contributed by atoms with Crippen LogP contribution in [0.25, 0.3) is 0 Å². The molecule has 1 aliphatic carbocycles. The van der Waals surface area contributed by atoms with Crippen LogP contribution in [0.2, 0.25) is 0 Å². The smallest absolute Gasteiger partial charge is 0.469 e. The van der Waals surface area contributed by atoms with Gasteiger partial charge in [-0.25, -0.2) is 4.79 Å². The second-order valence-corrected chi connectivity index (χ2v) is 12.0. The first-order chi connectivity index (χ1) is 22.3. The highest BCUT2D eigenvalue weighted by Gasteiger charge is 2.44. The van der Waals surface area contributed by atoms with Crippen molar-refractivity contribution in [3.63, 3.8) is 0 Å². The number of ether oxygens (including phenoxy) is 3. The maximum absolute atomic E-state index is 13.5. The van der Waals surface area contributed by atoms with Crippen molar-refractivity contribution in [2.45, 2.75) is 83.4 Å². The van der Waals surface area contributed by atoms with Crippen molar-refractivity contribution in [3.8, 4) is 5.75 Å². The number of benzene rings is 2. The van der Waals surface area contributed by atoms with Crippen LogP contribution in [0.5, 0.6) is 5.75 Å². The number of hydrogen-bond donors (Lipinski definition) is 0. The van der Waals surface area contributed by atoms with E-state index in [1.54, 1.807) is 0 Å².